The normalized spacial score (nSPS) is 12.8. The predicted octanol–water partition coefficient (Wildman–Crippen LogP) is 3.24. The van der Waals surface area contributed by atoms with Gasteiger partial charge in [0, 0.05) is 22.9 Å². The Balaban J connectivity index is 1.45. The number of fused-ring (bicyclic) bond motifs is 1. The number of primary sulfonamides is 1. The number of hydrogen-bond donors (Lipinski definition) is 3. The highest BCUT2D eigenvalue weighted by molar-refractivity contribution is 7.89. The first-order chi connectivity index (χ1) is 15.7. The van der Waals surface area contributed by atoms with Crippen LogP contribution in [0, 0.1) is 0 Å². The van der Waals surface area contributed by atoms with Crippen molar-refractivity contribution in [2.45, 2.75) is 11.3 Å². The van der Waals surface area contributed by atoms with Crippen molar-refractivity contribution in [3.8, 4) is 0 Å². The largest absolute Gasteiger partial charge is 0.362 e. The summed E-state index contributed by atoms with van der Waals surface area (Å²) in [7, 11) is -3.79. The van der Waals surface area contributed by atoms with Gasteiger partial charge in [0.25, 0.3) is 5.91 Å². The molecule has 0 saturated heterocycles. The van der Waals surface area contributed by atoms with Crippen LogP contribution in [-0.4, -0.2) is 33.3 Å². The van der Waals surface area contributed by atoms with E-state index in [1.165, 1.54) is 6.07 Å². The van der Waals surface area contributed by atoms with Gasteiger partial charge in [-0.25, -0.2) is 13.6 Å². The van der Waals surface area contributed by atoms with Gasteiger partial charge in [-0.15, -0.1) is 0 Å². The minimum Gasteiger partial charge on any atom is -0.362 e. The zero-order valence-electron chi connectivity index (χ0n) is 17.4. The lowest BCUT2D eigenvalue weighted by atomic mass is 10.1. The Morgan fingerprint density at radius 1 is 1.00 bits per heavy atom. The third-order valence-electron chi connectivity index (χ3n) is 5.25. The molecule has 0 saturated carbocycles. The van der Waals surface area contributed by atoms with Crippen LogP contribution in [0.15, 0.2) is 71.6 Å². The monoisotopic (exact) mass is 484 g/mol. The average molecular weight is 485 g/mol. The minimum atomic E-state index is -3.79. The quantitative estimate of drug-likeness (QED) is 0.496. The number of nitrogens with one attached hydrogen (secondary N) is 2. The van der Waals surface area contributed by atoms with Gasteiger partial charge < -0.3 is 15.5 Å². The highest BCUT2D eigenvalue weighted by Gasteiger charge is 2.23. The highest BCUT2D eigenvalue weighted by Crippen LogP contribution is 2.30. The van der Waals surface area contributed by atoms with Crippen LogP contribution < -0.4 is 20.7 Å². The molecule has 1 aliphatic heterocycles. The lowest BCUT2D eigenvalue weighted by Gasteiger charge is -2.19. The second kappa shape index (κ2) is 9.22. The summed E-state index contributed by atoms with van der Waals surface area (Å²) < 4.78 is 23.1. The van der Waals surface area contributed by atoms with Crippen molar-refractivity contribution in [1.82, 2.24) is 0 Å². The van der Waals surface area contributed by atoms with Gasteiger partial charge in [-0.2, -0.15) is 0 Å². The Hall–Kier alpha value is -3.40. The van der Waals surface area contributed by atoms with Crippen molar-refractivity contribution >= 4 is 50.5 Å². The Kier molecular flexibility index (Phi) is 6.37. The van der Waals surface area contributed by atoms with Gasteiger partial charge in [0.15, 0.2) is 0 Å². The maximum absolute atomic E-state index is 12.8. The Labute approximate surface area is 196 Å². The Morgan fingerprint density at radius 2 is 1.73 bits per heavy atom. The summed E-state index contributed by atoms with van der Waals surface area (Å²) in [6, 6.07) is 18.1. The molecule has 2 amide bonds. The molecular weight excluding hydrogens is 464 g/mol. The van der Waals surface area contributed by atoms with Crippen LogP contribution in [-0.2, 0) is 21.2 Å². The molecule has 4 N–H and O–H groups in total. The molecule has 0 radical (unpaired) electrons. The number of halogens is 1. The zero-order valence-corrected chi connectivity index (χ0v) is 19.0. The lowest BCUT2D eigenvalue weighted by Crippen LogP contribution is -2.32. The van der Waals surface area contributed by atoms with Gasteiger partial charge in [0.1, 0.15) is 0 Å². The van der Waals surface area contributed by atoms with Gasteiger partial charge in [-0.3, -0.25) is 9.59 Å². The molecule has 8 nitrogen and oxygen atoms in total. The summed E-state index contributed by atoms with van der Waals surface area (Å²) in [6.07, 6.45) is 0.603. The number of benzene rings is 3. The van der Waals surface area contributed by atoms with E-state index in [4.69, 9.17) is 16.7 Å². The summed E-state index contributed by atoms with van der Waals surface area (Å²) >= 11 is 5.88. The number of para-hydroxylation sites is 1. The van der Waals surface area contributed by atoms with Crippen molar-refractivity contribution < 1.29 is 18.0 Å². The minimum absolute atomic E-state index is 0.0492. The molecule has 170 valence electrons. The molecule has 4 rings (SSSR count). The summed E-state index contributed by atoms with van der Waals surface area (Å²) in [4.78, 5) is 27.4. The second-order valence-corrected chi connectivity index (χ2v) is 9.56. The molecule has 0 spiro atoms. The smallest absolute Gasteiger partial charge is 0.257 e. The van der Waals surface area contributed by atoms with Crippen LogP contribution in [0.2, 0.25) is 5.02 Å². The molecule has 0 bridgehead atoms. The van der Waals surface area contributed by atoms with Crippen molar-refractivity contribution in [1.29, 1.82) is 0 Å². The molecule has 3 aromatic rings. The molecule has 33 heavy (non-hydrogen) atoms. The Bertz CT molecular complexity index is 1330. The van der Waals surface area contributed by atoms with E-state index in [0.29, 0.717) is 34.9 Å². The summed E-state index contributed by atoms with van der Waals surface area (Å²) in [5.41, 5.74) is 2.89. The molecule has 3 aromatic carbocycles. The van der Waals surface area contributed by atoms with Crippen LogP contribution in [0.1, 0.15) is 15.9 Å². The number of nitrogens with two attached hydrogens (primary N) is 1. The molecule has 0 unspecified atom stereocenters. The molecule has 0 aromatic heterocycles. The van der Waals surface area contributed by atoms with Crippen LogP contribution in [0.25, 0.3) is 0 Å². The van der Waals surface area contributed by atoms with E-state index in [0.717, 1.165) is 11.3 Å². The van der Waals surface area contributed by atoms with E-state index in [2.05, 4.69) is 10.6 Å². The first kappa shape index (κ1) is 22.8. The summed E-state index contributed by atoms with van der Waals surface area (Å²) in [6.45, 7) is 0.615. The Morgan fingerprint density at radius 3 is 2.45 bits per heavy atom. The number of carbonyl (C=O) groups excluding carboxylic acids is 2. The second-order valence-electron chi connectivity index (χ2n) is 7.56. The van der Waals surface area contributed by atoms with Crippen molar-refractivity contribution in [3.63, 3.8) is 0 Å². The van der Waals surface area contributed by atoms with Crippen LogP contribution in [0.5, 0.6) is 0 Å². The van der Waals surface area contributed by atoms with Crippen LogP contribution >= 0.6 is 11.6 Å². The lowest BCUT2D eigenvalue weighted by molar-refractivity contribution is -0.115. The van der Waals surface area contributed by atoms with Gasteiger partial charge in [0.2, 0.25) is 15.9 Å². The van der Waals surface area contributed by atoms with E-state index in [1.54, 1.807) is 60.7 Å². The van der Waals surface area contributed by atoms with Gasteiger partial charge >= 0.3 is 0 Å². The van der Waals surface area contributed by atoms with Crippen LogP contribution in [0.4, 0.5) is 17.1 Å². The number of rotatable bonds is 6. The van der Waals surface area contributed by atoms with Gasteiger partial charge in [-0.1, -0.05) is 23.7 Å². The third-order valence-corrected chi connectivity index (χ3v) is 6.42. The first-order valence-electron chi connectivity index (χ1n) is 10.1. The summed E-state index contributed by atoms with van der Waals surface area (Å²) in [5, 5.41) is 11.3. The summed E-state index contributed by atoms with van der Waals surface area (Å²) in [5.74, 6) is -0.666. The molecular formula is C23H21ClN4O4S. The van der Waals surface area contributed by atoms with Crippen molar-refractivity contribution in [2.75, 3.05) is 28.6 Å². The fourth-order valence-electron chi connectivity index (χ4n) is 3.67. The van der Waals surface area contributed by atoms with Crippen molar-refractivity contribution in [3.05, 3.63) is 82.9 Å². The zero-order chi connectivity index (χ0) is 23.6. The molecule has 1 aliphatic rings. The van der Waals surface area contributed by atoms with Gasteiger partial charge in [-0.05, 0) is 66.6 Å². The van der Waals surface area contributed by atoms with Gasteiger partial charge in [0.05, 0.1) is 22.7 Å². The number of hydrogen-bond acceptors (Lipinski definition) is 5. The molecule has 0 fully saturated rings. The molecule has 0 atom stereocenters. The van der Waals surface area contributed by atoms with E-state index in [1.807, 2.05) is 4.90 Å². The topological polar surface area (TPSA) is 122 Å². The van der Waals surface area contributed by atoms with Crippen LogP contribution in [0.3, 0.4) is 0 Å². The number of carbonyl (C=O) groups is 2. The maximum Gasteiger partial charge on any atom is 0.257 e. The standard InChI is InChI=1S/C23H21ClN4O4S/c24-16-5-7-17(8-6-16)26-23(30)19-3-1-2-4-20(19)27-22(29)14-28-12-11-15-13-18(33(25,31)32)9-10-21(15)28/h1-10,13H,11-12,14H2,(H,26,30)(H,27,29)(H2,25,31,32). The molecule has 0 aliphatic carbocycles. The van der Waals surface area contributed by atoms with E-state index in [-0.39, 0.29) is 23.3 Å². The highest BCUT2D eigenvalue weighted by atomic mass is 35.5. The molecule has 1 heterocycles. The maximum atomic E-state index is 12.8. The fraction of sp³-hybridized carbons (Fsp3) is 0.130. The van der Waals surface area contributed by atoms with E-state index >= 15 is 0 Å². The average Bonchev–Trinajstić information content (AvgIpc) is 3.17. The molecule has 10 heteroatoms. The number of anilines is 3. The SMILES string of the molecule is NS(=O)(=O)c1ccc2c(c1)CCN2CC(=O)Nc1ccccc1C(=O)Nc1ccc(Cl)cc1. The van der Waals surface area contributed by atoms with Crippen molar-refractivity contribution in [2.24, 2.45) is 5.14 Å². The third kappa shape index (κ3) is 5.33. The number of amides is 2. The van der Waals surface area contributed by atoms with E-state index in [9.17, 15) is 18.0 Å². The first-order valence-corrected chi connectivity index (χ1v) is 12.0. The number of sulfonamides is 1. The van der Waals surface area contributed by atoms with E-state index < -0.39 is 10.0 Å². The predicted molar refractivity (Wildman–Crippen MR) is 128 cm³/mol. The fourth-order valence-corrected chi connectivity index (χ4v) is 4.36. The number of nitrogens with zero attached hydrogens (tertiary/aromatic N) is 1.